The Balaban J connectivity index is 2.40. The number of aryl methyl sites for hydroxylation is 1. The Labute approximate surface area is 149 Å². The molecular formula is C15H14Cl2N2O4S. The fourth-order valence-electron chi connectivity index (χ4n) is 1.99. The van der Waals surface area contributed by atoms with Gasteiger partial charge in [-0.15, -0.1) is 0 Å². The van der Waals surface area contributed by atoms with E-state index in [1.165, 1.54) is 19.2 Å². The van der Waals surface area contributed by atoms with Gasteiger partial charge in [0.25, 0.3) is 5.91 Å². The van der Waals surface area contributed by atoms with E-state index in [-0.39, 0.29) is 15.5 Å². The molecule has 1 amide bonds. The van der Waals surface area contributed by atoms with E-state index in [1.807, 2.05) is 0 Å². The second-order valence-corrected chi connectivity index (χ2v) is 7.29. The van der Waals surface area contributed by atoms with Gasteiger partial charge in [0.15, 0.2) is 0 Å². The van der Waals surface area contributed by atoms with E-state index in [1.54, 1.807) is 19.1 Å². The highest BCUT2D eigenvalue weighted by atomic mass is 35.5. The van der Waals surface area contributed by atoms with Crippen LogP contribution in [0, 0.1) is 6.92 Å². The van der Waals surface area contributed by atoms with E-state index in [2.05, 4.69) is 5.32 Å². The lowest BCUT2D eigenvalue weighted by Gasteiger charge is -2.13. The molecule has 0 heterocycles. The molecule has 2 aromatic carbocycles. The molecule has 0 bridgehead atoms. The molecule has 0 fully saturated rings. The lowest BCUT2D eigenvalue weighted by molar-refractivity contribution is 0.102. The summed E-state index contributed by atoms with van der Waals surface area (Å²) in [5, 5.41) is 8.16. The molecule has 9 heteroatoms. The number of amides is 1. The van der Waals surface area contributed by atoms with Gasteiger partial charge in [-0.2, -0.15) is 0 Å². The third kappa shape index (κ3) is 3.99. The zero-order valence-electron chi connectivity index (χ0n) is 12.8. The summed E-state index contributed by atoms with van der Waals surface area (Å²) in [5.41, 5.74) is 1.23. The number of nitrogens with one attached hydrogen (secondary N) is 1. The molecule has 0 unspecified atom stereocenters. The first kappa shape index (κ1) is 18.5. The monoisotopic (exact) mass is 388 g/mol. The minimum absolute atomic E-state index is 0.0611. The molecule has 3 N–H and O–H groups in total. The fourth-order valence-corrected chi connectivity index (χ4v) is 3.21. The number of halogens is 2. The molecule has 0 aliphatic rings. The topological polar surface area (TPSA) is 98.5 Å². The Bertz CT molecular complexity index is 914. The second kappa shape index (κ2) is 6.98. The van der Waals surface area contributed by atoms with Gasteiger partial charge in [-0.3, -0.25) is 4.79 Å². The SMILES string of the molecule is COc1cc(Cl)c(C)cc1NC(=O)c1ccc(Cl)c(S(N)(=O)=O)c1. The van der Waals surface area contributed by atoms with Crippen LogP contribution in [0.15, 0.2) is 35.2 Å². The first-order valence-corrected chi connectivity index (χ1v) is 8.91. The fraction of sp³-hybridized carbons (Fsp3) is 0.133. The molecule has 0 aliphatic heterocycles. The maximum atomic E-state index is 12.4. The number of ether oxygens (including phenoxy) is 1. The molecule has 0 aliphatic carbocycles. The van der Waals surface area contributed by atoms with Gasteiger partial charge < -0.3 is 10.1 Å². The molecule has 6 nitrogen and oxygen atoms in total. The van der Waals surface area contributed by atoms with Crippen molar-refractivity contribution < 1.29 is 17.9 Å². The van der Waals surface area contributed by atoms with E-state index in [9.17, 15) is 13.2 Å². The number of methoxy groups -OCH3 is 1. The lowest BCUT2D eigenvalue weighted by atomic mass is 10.1. The molecule has 0 spiro atoms. The van der Waals surface area contributed by atoms with Crippen LogP contribution in [0.1, 0.15) is 15.9 Å². The highest BCUT2D eigenvalue weighted by molar-refractivity contribution is 7.89. The van der Waals surface area contributed by atoms with Crippen LogP contribution in [-0.4, -0.2) is 21.4 Å². The van der Waals surface area contributed by atoms with Crippen molar-refractivity contribution in [2.45, 2.75) is 11.8 Å². The number of hydrogen-bond acceptors (Lipinski definition) is 4. The molecule has 0 aromatic heterocycles. The third-order valence-electron chi connectivity index (χ3n) is 3.23. The highest BCUT2D eigenvalue weighted by Crippen LogP contribution is 2.31. The normalized spacial score (nSPS) is 11.2. The van der Waals surface area contributed by atoms with Crippen molar-refractivity contribution in [2.75, 3.05) is 12.4 Å². The minimum Gasteiger partial charge on any atom is -0.495 e. The van der Waals surface area contributed by atoms with Gasteiger partial charge >= 0.3 is 0 Å². The zero-order valence-corrected chi connectivity index (χ0v) is 15.1. The Morgan fingerprint density at radius 2 is 1.83 bits per heavy atom. The van der Waals surface area contributed by atoms with Gasteiger partial charge in [0.2, 0.25) is 10.0 Å². The summed E-state index contributed by atoms with van der Waals surface area (Å²) in [6, 6.07) is 7.02. The van der Waals surface area contributed by atoms with Crippen LogP contribution >= 0.6 is 23.2 Å². The summed E-state index contributed by atoms with van der Waals surface area (Å²) in [5.74, 6) is -0.170. The lowest BCUT2D eigenvalue weighted by Crippen LogP contribution is -2.16. The van der Waals surface area contributed by atoms with E-state index < -0.39 is 15.9 Å². The quantitative estimate of drug-likeness (QED) is 0.839. The van der Waals surface area contributed by atoms with Crippen molar-refractivity contribution in [1.82, 2.24) is 0 Å². The average Bonchev–Trinajstić information content (AvgIpc) is 2.49. The summed E-state index contributed by atoms with van der Waals surface area (Å²) in [4.78, 5) is 12.1. The first-order valence-electron chi connectivity index (χ1n) is 6.61. The van der Waals surface area contributed by atoms with Gasteiger partial charge in [0.05, 0.1) is 17.8 Å². The van der Waals surface area contributed by atoms with Gasteiger partial charge in [-0.05, 0) is 36.8 Å². The molecule has 128 valence electrons. The van der Waals surface area contributed by atoms with Crippen LogP contribution < -0.4 is 15.2 Å². The third-order valence-corrected chi connectivity index (χ3v) is 5.03. The first-order chi connectivity index (χ1) is 11.1. The highest BCUT2D eigenvalue weighted by Gasteiger charge is 2.17. The number of rotatable bonds is 4. The number of primary sulfonamides is 1. The van der Waals surface area contributed by atoms with Crippen LogP contribution in [0.2, 0.25) is 10.0 Å². The largest absolute Gasteiger partial charge is 0.495 e. The van der Waals surface area contributed by atoms with Crippen LogP contribution in [0.4, 0.5) is 5.69 Å². The van der Waals surface area contributed by atoms with Crippen LogP contribution in [0.3, 0.4) is 0 Å². The molecule has 0 saturated heterocycles. The van der Waals surface area contributed by atoms with Crippen LogP contribution in [-0.2, 0) is 10.0 Å². The maximum Gasteiger partial charge on any atom is 0.255 e. The number of carbonyl (C=O) groups is 1. The van der Waals surface area contributed by atoms with Crippen molar-refractivity contribution in [3.05, 3.63) is 51.5 Å². The summed E-state index contributed by atoms with van der Waals surface area (Å²) in [7, 11) is -2.60. The molecule has 2 rings (SSSR count). The summed E-state index contributed by atoms with van der Waals surface area (Å²) >= 11 is 11.8. The van der Waals surface area contributed by atoms with Crippen molar-refractivity contribution in [1.29, 1.82) is 0 Å². The summed E-state index contributed by atoms with van der Waals surface area (Å²) in [6.07, 6.45) is 0. The standard InChI is InChI=1S/C15H14Cl2N2O4S/c1-8-5-12(13(23-2)7-11(8)17)19-15(20)9-3-4-10(16)14(6-9)24(18,21)22/h3-7H,1-2H3,(H,19,20)(H2,18,21,22). The number of carbonyl (C=O) groups excluding carboxylic acids is 1. The van der Waals surface area contributed by atoms with E-state index >= 15 is 0 Å². The predicted octanol–water partition coefficient (Wildman–Crippen LogP) is 3.21. The van der Waals surface area contributed by atoms with Crippen molar-refractivity contribution in [3.8, 4) is 5.75 Å². The van der Waals surface area contributed by atoms with E-state index in [4.69, 9.17) is 33.1 Å². The number of hydrogen-bond donors (Lipinski definition) is 2. The summed E-state index contributed by atoms with van der Waals surface area (Å²) in [6.45, 7) is 1.78. The number of nitrogens with two attached hydrogens (primary N) is 1. The molecule has 24 heavy (non-hydrogen) atoms. The Hall–Kier alpha value is -1.80. The zero-order chi connectivity index (χ0) is 18.1. The van der Waals surface area contributed by atoms with Gasteiger partial charge in [-0.25, -0.2) is 13.6 Å². The minimum atomic E-state index is -4.04. The molecular weight excluding hydrogens is 375 g/mol. The second-order valence-electron chi connectivity index (χ2n) is 4.95. The van der Waals surface area contributed by atoms with Gasteiger partial charge in [0, 0.05) is 16.7 Å². The number of sulfonamides is 1. The molecule has 0 radical (unpaired) electrons. The predicted molar refractivity (Wildman–Crippen MR) is 93.5 cm³/mol. The van der Waals surface area contributed by atoms with Crippen molar-refractivity contribution in [2.24, 2.45) is 5.14 Å². The van der Waals surface area contributed by atoms with Crippen LogP contribution in [0.25, 0.3) is 0 Å². The van der Waals surface area contributed by atoms with Crippen molar-refractivity contribution in [3.63, 3.8) is 0 Å². The molecule has 0 atom stereocenters. The van der Waals surface area contributed by atoms with Gasteiger partial charge in [-0.1, -0.05) is 23.2 Å². The van der Waals surface area contributed by atoms with Crippen LogP contribution in [0.5, 0.6) is 5.75 Å². The average molecular weight is 389 g/mol. The van der Waals surface area contributed by atoms with Gasteiger partial charge in [0.1, 0.15) is 10.6 Å². The van der Waals surface area contributed by atoms with E-state index in [0.29, 0.717) is 16.5 Å². The Kier molecular flexibility index (Phi) is 5.39. The summed E-state index contributed by atoms with van der Waals surface area (Å²) < 4.78 is 28.2. The molecule has 2 aromatic rings. The molecule has 0 saturated carbocycles. The smallest absolute Gasteiger partial charge is 0.255 e. The Morgan fingerprint density at radius 1 is 1.17 bits per heavy atom. The maximum absolute atomic E-state index is 12.4. The number of anilines is 1. The van der Waals surface area contributed by atoms with E-state index in [0.717, 1.165) is 11.6 Å². The van der Waals surface area contributed by atoms with Crippen molar-refractivity contribution >= 4 is 44.8 Å². The Morgan fingerprint density at radius 3 is 2.42 bits per heavy atom. The number of benzene rings is 2.